The number of esters is 1. The predicted molar refractivity (Wildman–Crippen MR) is 105 cm³/mol. The molecular formula is C23H22O3S. The maximum Gasteiger partial charge on any atom is 0.334 e. The number of carbonyl (C=O) groups is 1. The Morgan fingerprint density at radius 3 is 2.26 bits per heavy atom. The molecule has 3 unspecified atom stereocenters. The third kappa shape index (κ3) is 2.50. The second kappa shape index (κ2) is 6.25. The van der Waals surface area contributed by atoms with E-state index in [-0.39, 0.29) is 24.1 Å². The third-order valence-corrected chi connectivity index (χ3v) is 7.18. The highest BCUT2D eigenvalue weighted by molar-refractivity contribution is 7.99. The first-order valence-electron chi connectivity index (χ1n) is 9.51. The molecule has 2 saturated heterocycles. The van der Waals surface area contributed by atoms with Gasteiger partial charge in [-0.2, -0.15) is 0 Å². The molecule has 0 spiro atoms. The standard InChI is InChI=1S/C23H22O3S/c1-14(2)22(24)26-23(18-13-15-11-12-19(18)25-15)16-7-3-5-9-20(16)27-21-10-6-4-8-17(21)23/h3-10,15,18-19H,1,11-13H2,2H3. The fourth-order valence-corrected chi connectivity index (χ4v) is 6.06. The molecule has 2 bridgehead atoms. The normalized spacial score (nSPS) is 26.9. The molecule has 0 aromatic heterocycles. The Bertz CT molecular complexity index is 889. The minimum Gasteiger partial charge on any atom is -0.445 e. The molecule has 0 radical (unpaired) electrons. The van der Waals surface area contributed by atoms with Crippen molar-refractivity contribution in [3.05, 3.63) is 71.8 Å². The number of hydrogen-bond acceptors (Lipinski definition) is 4. The minimum atomic E-state index is -0.825. The number of ether oxygens (including phenoxy) is 2. The maximum atomic E-state index is 12.8. The van der Waals surface area contributed by atoms with E-state index in [1.807, 2.05) is 24.3 Å². The van der Waals surface area contributed by atoms with Crippen molar-refractivity contribution in [3.8, 4) is 0 Å². The molecule has 2 fully saturated rings. The Kier molecular flexibility index (Phi) is 3.95. The molecule has 138 valence electrons. The largest absolute Gasteiger partial charge is 0.445 e. The molecule has 0 amide bonds. The molecule has 3 aliphatic heterocycles. The molecule has 0 aliphatic carbocycles. The van der Waals surface area contributed by atoms with Crippen molar-refractivity contribution in [1.82, 2.24) is 0 Å². The number of benzene rings is 2. The van der Waals surface area contributed by atoms with Crippen molar-refractivity contribution in [1.29, 1.82) is 0 Å². The third-order valence-electron chi connectivity index (χ3n) is 6.02. The van der Waals surface area contributed by atoms with Crippen LogP contribution in [0, 0.1) is 5.92 Å². The SMILES string of the molecule is C=C(C)C(=O)OC1(C2CC3CCC2O3)c2ccccc2Sc2ccccc21. The van der Waals surface area contributed by atoms with Crippen molar-refractivity contribution < 1.29 is 14.3 Å². The van der Waals surface area contributed by atoms with Gasteiger partial charge in [-0.05, 0) is 38.3 Å². The predicted octanol–water partition coefficient (Wildman–Crippen LogP) is 5.08. The van der Waals surface area contributed by atoms with E-state index < -0.39 is 5.60 Å². The van der Waals surface area contributed by atoms with E-state index >= 15 is 0 Å². The monoisotopic (exact) mass is 378 g/mol. The molecule has 5 rings (SSSR count). The lowest BCUT2D eigenvalue weighted by Crippen LogP contribution is -2.47. The molecule has 0 N–H and O–H groups in total. The minimum absolute atomic E-state index is 0.114. The van der Waals surface area contributed by atoms with Crippen LogP contribution in [0.2, 0.25) is 0 Å². The molecule has 2 aromatic carbocycles. The first-order chi connectivity index (χ1) is 13.1. The van der Waals surface area contributed by atoms with Gasteiger partial charge in [-0.1, -0.05) is 54.7 Å². The summed E-state index contributed by atoms with van der Waals surface area (Å²) in [5.74, 6) is -0.225. The van der Waals surface area contributed by atoms with Crippen molar-refractivity contribution >= 4 is 17.7 Å². The Morgan fingerprint density at radius 2 is 1.74 bits per heavy atom. The fraction of sp³-hybridized carbons (Fsp3) is 0.348. The summed E-state index contributed by atoms with van der Waals surface area (Å²) in [6.07, 6.45) is 3.44. The van der Waals surface area contributed by atoms with Crippen LogP contribution in [-0.2, 0) is 19.9 Å². The smallest absolute Gasteiger partial charge is 0.334 e. The number of carbonyl (C=O) groups excluding carboxylic acids is 1. The van der Waals surface area contributed by atoms with Gasteiger partial charge in [-0.3, -0.25) is 0 Å². The number of hydrogen-bond donors (Lipinski definition) is 0. The highest BCUT2D eigenvalue weighted by atomic mass is 32.2. The first-order valence-corrected chi connectivity index (χ1v) is 10.3. The first kappa shape index (κ1) is 17.1. The van der Waals surface area contributed by atoms with Crippen molar-refractivity contribution in [3.63, 3.8) is 0 Å². The zero-order valence-corrected chi connectivity index (χ0v) is 16.1. The van der Waals surface area contributed by atoms with Crippen LogP contribution in [0.5, 0.6) is 0 Å². The van der Waals surface area contributed by atoms with E-state index in [9.17, 15) is 4.79 Å². The molecule has 27 heavy (non-hydrogen) atoms. The van der Waals surface area contributed by atoms with Crippen LogP contribution in [0.1, 0.15) is 37.3 Å². The van der Waals surface area contributed by atoms with Gasteiger partial charge in [0, 0.05) is 32.4 Å². The Labute approximate surface area is 163 Å². The zero-order valence-electron chi connectivity index (χ0n) is 15.3. The Balaban J connectivity index is 1.77. The van der Waals surface area contributed by atoms with Crippen LogP contribution in [-0.4, -0.2) is 18.2 Å². The van der Waals surface area contributed by atoms with Gasteiger partial charge in [0.2, 0.25) is 0 Å². The topological polar surface area (TPSA) is 35.5 Å². The van der Waals surface area contributed by atoms with Gasteiger partial charge in [0.05, 0.1) is 12.2 Å². The summed E-state index contributed by atoms with van der Waals surface area (Å²) in [4.78, 5) is 15.1. The number of fused-ring (bicyclic) bond motifs is 4. The average molecular weight is 378 g/mol. The summed E-state index contributed by atoms with van der Waals surface area (Å²) in [6.45, 7) is 5.54. The molecule has 0 saturated carbocycles. The highest BCUT2D eigenvalue weighted by Crippen LogP contribution is 2.58. The fourth-order valence-electron chi connectivity index (χ4n) is 4.87. The van der Waals surface area contributed by atoms with Gasteiger partial charge in [0.1, 0.15) is 0 Å². The summed E-state index contributed by atoms with van der Waals surface area (Å²) in [7, 11) is 0. The summed E-state index contributed by atoms with van der Waals surface area (Å²) < 4.78 is 12.6. The van der Waals surface area contributed by atoms with Crippen molar-refractivity contribution in [2.45, 2.75) is 53.8 Å². The van der Waals surface area contributed by atoms with Crippen LogP contribution in [0.25, 0.3) is 0 Å². The van der Waals surface area contributed by atoms with Crippen LogP contribution < -0.4 is 0 Å². The Morgan fingerprint density at radius 1 is 1.11 bits per heavy atom. The molecular weight excluding hydrogens is 356 g/mol. The van der Waals surface area contributed by atoms with Crippen LogP contribution >= 0.6 is 11.8 Å². The van der Waals surface area contributed by atoms with E-state index in [1.54, 1.807) is 18.7 Å². The molecule has 3 atom stereocenters. The van der Waals surface area contributed by atoms with Gasteiger partial charge in [0.25, 0.3) is 0 Å². The van der Waals surface area contributed by atoms with Gasteiger partial charge in [0.15, 0.2) is 5.60 Å². The lowest BCUT2D eigenvalue weighted by molar-refractivity contribution is -0.160. The average Bonchev–Trinajstić information content (AvgIpc) is 3.31. The van der Waals surface area contributed by atoms with Gasteiger partial charge in [-0.25, -0.2) is 4.79 Å². The van der Waals surface area contributed by atoms with Crippen LogP contribution in [0.15, 0.2) is 70.5 Å². The van der Waals surface area contributed by atoms with Crippen molar-refractivity contribution in [2.75, 3.05) is 0 Å². The molecule has 4 heteroatoms. The summed E-state index contributed by atoms with van der Waals surface area (Å²) in [5.41, 5.74) is 1.74. The van der Waals surface area contributed by atoms with E-state index in [2.05, 4.69) is 30.8 Å². The van der Waals surface area contributed by atoms with E-state index in [4.69, 9.17) is 9.47 Å². The second-order valence-electron chi connectivity index (χ2n) is 7.72. The van der Waals surface area contributed by atoms with Gasteiger partial charge in [-0.15, -0.1) is 0 Å². The highest BCUT2D eigenvalue weighted by Gasteiger charge is 2.58. The lowest BCUT2D eigenvalue weighted by atomic mass is 9.69. The maximum absolute atomic E-state index is 12.8. The van der Waals surface area contributed by atoms with Crippen LogP contribution in [0.3, 0.4) is 0 Å². The number of rotatable bonds is 3. The van der Waals surface area contributed by atoms with Crippen LogP contribution in [0.4, 0.5) is 0 Å². The van der Waals surface area contributed by atoms with E-state index in [1.165, 1.54) is 0 Å². The quantitative estimate of drug-likeness (QED) is 0.551. The molecule has 3 aliphatic rings. The second-order valence-corrected chi connectivity index (χ2v) is 8.80. The van der Waals surface area contributed by atoms with E-state index in [0.29, 0.717) is 5.57 Å². The van der Waals surface area contributed by atoms with Crippen molar-refractivity contribution in [2.24, 2.45) is 5.92 Å². The van der Waals surface area contributed by atoms with E-state index in [0.717, 1.165) is 40.2 Å². The summed E-state index contributed by atoms with van der Waals surface area (Å²) in [5, 5.41) is 0. The summed E-state index contributed by atoms with van der Waals surface area (Å²) >= 11 is 1.74. The Hall–Kier alpha value is -2.04. The van der Waals surface area contributed by atoms with Gasteiger partial charge >= 0.3 is 5.97 Å². The summed E-state index contributed by atoms with van der Waals surface area (Å²) in [6, 6.07) is 16.6. The molecule has 2 aromatic rings. The molecule has 3 nitrogen and oxygen atoms in total. The lowest BCUT2D eigenvalue weighted by Gasteiger charge is -2.45. The molecule has 3 heterocycles. The van der Waals surface area contributed by atoms with Gasteiger partial charge < -0.3 is 9.47 Å². The zero-order chi connectivity index (χ0) is 18.6.